The van der Waals surface area contributed by atoms with Crippen LogP contribution in [0.3, 0.4) is 0 Å². The highest BCUT2D eigenvalue weighted by Gasteiger charge is 2.21. The quantitative estimate of drug-likeness (QED) is 0.904. The fourth-order valence-electron chi connectivity index (χ4n) is 1.71. The molecule has 2 aromatic rings. The molecule has 1 heterocycles. The predicted octanol–water partition coefficient (Wildman–Crippen LogP) is 2.53. The summed E-state index contributed by atoms with van der Waals surface area (Å²) in [5.41, 5.74) is -0.305. The molecule has 2 amide bonds. The van der Waals surface area contributed by atoms with Crippen molar-refractivity contribution in [2.75, 3.05) is 5.32 Å². The maximum Gasteiger partial charge on any atom is 0.256 e. The van der Waals surface area contributed by atoms with Crippen LogP contribution in [0.4, 0.5) is 10.2 Å². The van der Waals surface area contributed by atoms with Crippen LogP contribution in [-0.4, -0.2) is 23.0 Å². The summed E-state index contributed by atoms with van der Waals surface area (Å²) >= 11 is 5.80. The first-order chi connectivity index (χ1) is 10.4. The lowest BCUT2D eigenvalue weighted by Gasteiger charge is -2.13. The van der Waals surface area contributed by atoms with Gasteiger partial charge in [-0.3, -0.25) is 9.59 Å². The molecule has 0 spiro atoms. The van der Waals surface area contributed by atoms with Crippen molar-refractivity contribution in [1.82, 2.24) is 10.5 Å². The summed E-state index contributed by atoms with van der Waals surface area (Å²) in [7, 11) is 0. The molecular formula is C14H13ClFN3O3. The van der Waals surface area contributed by atoms with Gasteiger partial charge in [0.15, 0.2) is 5.82 Å². The summed E-state index contributed by atoms with van der Waals surface area (Å²) in [6, 6.07) is 4.50. The van der Waals surface area contributed by atoms with E-state index in [1.807, 2.05) is 0 Å². The predicted molar refractivity (Wildman–Crippen MR) is 78.2 cm³/mol. The third kappa shape index (κ3) is 3.62. The third-order valence-electron chi connectivity index (χ3n) is 2.81. The largest absolute Gasteiger partial charge is 0.360 e. The Hall–Kier alpha value is -2.41. The van der Waals surface area contributed by atoms with Crippen LogP contribution in [0, 0.1) is 12.7 Å². The molecule has 0 fully saturated rings. The van der Waals surface area contributed by atoms with Crippen molar-refractivity contribution in [3.63, 3.8) is 0 Å². The van der Waals surface area contributed by atoms with Crippen molar-refractivity contribution >= 4 is 29.2 Å². The zero-order valence-corrected chi connectivity index (χ0v) is 12.6. The van der Waals surface area contributed by atoms with Gasteiger partial charge in [0.2, 0.25) is 5.91 Å². The number of halogens is 2. The van der Waals surface area contributed by atoms with E-state index >= 15 is 0 Å². The van der Waals surface area contributed by atoms with Crippen LogP contribution in [0.25, 0.3) is 0 Å². The van der Waals surface area contributed by atoms with Gasteiger partial charge in [-0.05, 0) is 26.0 Å². The lowest BCUT2D eigenvalue weighted by Crippen LogP contribution is -2.42. The Balaban J connectivity index is 2.03. The van der Waals surface area contributed by atoms with E-state index in [-0.39, 0.29) is 16.4 Å². The van der Waals surface area contributed by atoms with Gasteiger partial charge in [-0.25, -0.2) is 4.39 Å². The molecule has 0 bridgehead atoms. The van der Waals surface area contributed by atoms with E-state index < -0.39 is 23.7 Å². The first-order valence-corrected chi connectivity index (χ1v) is 6.75. The average molecular weight is 326 g/mol. The molecule has 116 valence electrons. The topological polar surface area (TPSA) is 84.2 Å². The Kier molecular flexibility index (Phi) is 4.77. The van der Waals surface area contributed by atoms with Gasteiger partial charge in [0.1, 0.15) is 17.6 Å². The summed E-state index contributed by atoms with van der Waals surface area (Å²) in [6.07, 6.45) is 0. The minimum absolute atomic E-state index is 0.0303. The van der Waals surface area contributed by atoms with E-state index in [0.29, 0.717) is 5.76 Å². The van der Waals surface area contributed by atoms with Gasteiger partial charge < -0.3 is 15.2 Å². The Bertz CT molecular complexity index is 697. The molecule has 8 heteroatoms. The summed E-state index contributed by atoms with van der Waals surface area (Å²) in [5.74, 6) is -1.29. The van der Waals surface area contributed by atoms with Gasteiger partial charge in [0, 0.05) is 6.07 Å². The zero-order valence-electron chi connectivity index (χ0n) is 11.8. The Morgan fingerprint density at radius 3 is 2.73 bits per heavy atom. The van der Waals surface area contributed by atoms with Crippen molar-refractivity contribution < 1.29 is 18.5 Å². The second-order valence-electron chi connectivity index (χ2n) is 4.60. The molecule has 1 aromatic heterocycles. The molecule has 6 nitrogen and oxygen atoms in total. The van der Waals surface area contributed by atoms with Crippen molar-refractivity contribution in [3.05, 3.63) is 46.4 Å². The molecule has 0 aliphatic carbocycles. The summed E-state index contributed by atoms with van der Waals surface area (Å²) in [4.78, 5) is 23.9. The fourth-order valence-corrected chi connectivity index (χ4v) is 1.96. The average Bonchev–Trinajstić information content (AvgIpc) is 2.83. The van der Waals surface area contributed by atoms with Crippen molar-refractivity contribution in [1.29, 1.82) is 0 Å². The smallest absolute Gasteiger partial charge is 0.256 e. The number of rotatable bonds is 4. The third-order valence-corrected chi connectivity index (χ3v) is 3.12. The number of aryl methyl sites for hydroxylation is 1. The van der Waals surface area contributed by atoms with Crippen LogP contribution >= 0.6 is 11.6 Å². The molecular weight excluding hydrogens is 313 g/mol. The number of aromatic nitrogens is 1. The Morgan fingerprint density at radius 1 is 1.41 bits per heavy atom. The number of hydrogen-bond acceptors (Lipinski definition) is 4. The number of amides is 2. The van der Waals surface area contributed by atoms with Crippen molar-refractivity contribution in [2.24, 2.45) is 0 Å². The minimum Gasteiger partial charge on any atom is -0.360 e. The number of anilines is 1. The van der Waals surface area contributed by atoms with E-state index in [2.05, 4.69) is 15.8 Å². The Labute approximate surface area is 130 Å². The molecule has 1 atom stereocenters. The normalized spacial score (nSPS) is 11.8. The van der Waals surface area contributed by atoms with E-state index in [4.69, 9.17) is 16.1 Å². The van der Waals surface area contributed by atoms with Crippen LogP contribution in [0.15, 0.2) is 28.8 Å². The summed E-state index contributed by atoms with van der Waals surface area (Å²) in [6.45, 7) is 3.13. The first-order valence-electron chi connectivity index (χ1n) is 6.37. The van der Waals surface area contributed by atoms with Gasteiger partial charge in [0.25, 0.3) is 5.91 Å². The molecule has 0 unspecified atom stereocenters. The van der Waals surface area contributed by atoms with Crippen LogP contribution in [0.2, 0.25) is 5.02 Å². The van der Waals surface area contributed by atoms with Crippen molar-refractivity contribution in [3.8, 4) is 0 Å². The molecule has 22 heavy (non-hydrogen) atoms. The van der Waals surface area contributed by atoms with E-state index in [1.54, 1.807) is 6.92 Å². The molecule has 0 saturated carbocycles. The number of carbonyl (C=O) groups excluding carboxylic acids is 2. The van der Waals surface area contributed by atoms with Crippen LogP contribution in [0.5, 0.6) is 0 Å². The van der Waals surface area contributed by atoms with Crippen LogP contribution in [0.1, 0.15) is 23.0 Å². The number of nitrogens with one attached hydrogen (secondary N) is 2. The molecule has 2 N–H and O–H groups in total. The lowest BCUT2D eigenvalue weighted by atomic mass is 10.2. The van der Waals surface area contributed by atoms with Crippen LogP contribution in [-0.2, 0) is 4.79 Å². The summed E-state index contributed by atoms with van der Waals surface area (Å²) < 4.78 is 18.4. The SMILES string of the molecule is Cc1cc(NC(=O)[C@H](C)NC(=O)c2c(F)cccc2Cl)no1. The molecule has 1 aromatic carbocycles. The fraction of sp³-hybridized carbons (Fsp3) is 0.214. The highest BCUT2D eigenvalue weighted by atomic mass is 35.5. The zero-order chi connectivity index (χ0) is 16.3. The number of hydrogen-bond donors (Lipinski definition) is 2. The highest BCUT2D eigenvalue weighted by molar-refractivity contribution is 6.33. The van der Waals surface area contributed by atoms with Gasteiger partial charge in [0.05, 0.1) is 10.6 Å². The molecule has 0 aliphatic rings. The molecule has 2 rings (SSSR count). The van der Waals surface area contributed by atoms with Gasteiger partial charge in [-0.2, -0.15) is 0 Å². The molecule has 0 saturated heterocycles. The van der Waals surface area contributed by atoms with Gasteiger partial charge >= 0.3 is 0 Å². The van der Waals surface area contributed by atoms with Crippen LogP contribution < -0.4 is 10.6 Å². The molecule has 0 aliphatic heterocycles. The maximum atomic E-state index is 13.6. The van der Waals surface area contributed by atoms with Gasteiger partial charge in [-0.15, -0.1) is 0 Å². The standard InChI is InChI=1S/C14H13ClFN3O3/c1-7-6-11(19-22-7)18-13(20)8(2)17-14(21)12-9(15)4-3-5-10(12)16/h3-6,8H,1-2H3,(H,17,21)(H,18,19,20)/t8-/m0/s1. The maximum absolute atomic E-state index is 13.6. The monoisotopic (exact) mass is 325 g/mol. The number of nitrogens with zero attached hydrogens (tertiary/aromatic N) is 1. The van der Waals surface area contributed by atoms with E-state index in [9.17, 15) is 14.0 Å². The minimum atomic E-state index is -0.917. The second kappa shape index (κ2) is 6.57. The number of carbonyl (C=O) groups is 2. The highest BCUT2D eigenvalue weighted by Crippen LogP contribution is 2.18. The van der Waals surface area contributed by atoms with E-state index in [1.165, 1.54) is 25.1 Å². The number of benzene rings is 1. The molecule has 0 radical (unpaired) electrons. The van der Waals surface area contributed by atoms with E-state index in [0.717, 1.165) is 6.07 Å². The van der Waals surface area contributed by atoms with Gasteiger partial charge in [-0.1, -0.05) is 22.8 Å². The lowest BCUT2D eigenvalue weighted by molar-refractivity contribution is -0.117. The first kappa shape index (κ1) is 16.0. The summed E-state index contributed by atoms with van der Waals surface area (Å²) in [5, 5.41) is 8.41. The second-order valence-corrected chi connectivity index (χ2v) is 5.01. The Morgan fingerprint density at radius 2 is 2.14 bits per heavy atom. The van der Waals surface area contributed by atoms with Crippen molar-refractivity contribution in [2.45, 2.75) is 19.9 Å².